The van der Waals surface area contributed by atoms with E-state index in [2.05, 4.69) is 15.9 Å². The highest BCUT2D eigenvalue weighted by Gasteiger charge is 2.17. The standard InChI is InChI=1S/C17H17BrFNO3/c18-15-6-7-16(19)14(10-15)11-20(8-9-21)17(22)23-12-13-4-2-1-3-5-13/h1-7,10,21H,8-9,11-12H2. The van der Waals surface area contributed by atoms with E-state index in [-0.39, 0.29) is 26.3 Å². The zero-order valence-electron chi connectivity index (χ0n) is 12.4. The fourth-order valence-electron chi connectivity index (χ4n) is 2.04. The van der Waals surface area contributed by atoms with Crippen molar-refractivity contribution in [2.75, 3.05) is 13.2 Å². The van der Waals surface area contributed by atoms with Crippen LogP contribution in [0.2, 0.25) is 0 Å². The molecule has 0 bridgehead atoms. The number of nitrogens with zero attached hydrogens (tertiary/aromatic N) is 1. The first-order valence-corrected chi connectivity index (χ1v) is 7.90. The van der Waals surface area contributed by atoms with E-state index in [0.717, 1.165) is 10.0 Å². The molecule has 0 aliphatic carbocycles. The summed E-state index contributed by atoms with van der Waals surface area (Å²) in [6.07, 6.45) is -0.595. The summed E-state index contributed by atoms with van der Waals surface area (Å²) in [4.78, 5) is 13.4. The Morgan fingerprint density at radius 3 is 2.65 bits per heavy atom. The summed E-state index contributed by atoms with van der Waals surface area (Å²) in [6, 6.07) is 13.8. The number of hydrogen-bond donors (Lipinski definition) is 1. The number of carbonyl (C=O) groups is 1. The molecule has 0 aliphatic rings. The van der Waals surface area contributed by atoms with Crippen LogP contribution in [0.15, 0.2) is 53.0 Å². The average Bonchev–Trinajstić information content (AvgIpc) is 2.56. The van der Waals surface area contributed by atoms with Crippen molar-refractivity contribution in [3.05, 3.63) is 69.9 Å². The molecule has 0 spiro atoms. The van der Waals surface area contributed by atoms with Gasteiger partial charge in [-0.05, 0) is 23.8 Å². The Labute approximate surface area is 142 Å². The highest BCUT2D eigenvalue weighted by molar-refractivity contribution is 9.10. The van der Waals surface area contributed by atoms with Crippen LogP contribution in [0, 0.1) is 5.82 Å². The largest absolute Gasteiger partial charge is 0.445 e. The van der Waals surface area contributed by atoms with E-state index >= 15 is 0 Å². The predicted octanol–water partition coefficient (Wildman–Crippen LogP) is 3.72. The summed E-state index contributed by atoms with van der Waals surface area (Å²) in [5.41, 5.74) is 1.21. The van der Waals surface area contributed by atoms with Crippen LogP contribution in [0.1, 0.15) is 11.1 Å². The second kappa shape index (κ2) is 8.64. The van der Waals surface area contributed by atoms with Crippen molar-refractivity contribution in [1.82, 2.24) is 4.90 Å². The van der Waals surface area contributed by atoms with E-state index in [1.54, 1.807) is 12.1 Å². The highest BCUT2D eigenvalue weighted by Crippen LogP contribution is 2.18. The minimum Gasteiger partial charge on any atom is -0.445 e. The average molecular weight is 382 g/mol. The third-order valence-corrected chi connectivity index (χ3v) is 3.70. The first-order valence-electron chi connectivity index (χ1n) is 7.10. The summed E-state index contributed by atoms with van der Waals surface area (Å²) >= 11 is 3.27. The van der Waals surface area contributed by atoms with Gasteiger partial charge in [-0.3, -0.25) is 0 Å². The zero-order chi connectivity index (χ0) is 16.7. The Balaban J connectivity index is 2.02. The quantitative estimate of drug-likeness (QED) is 0.829. The number of halogens is 2. The molecule has 0 fully saturated rings. The van der Waals surface area contributed by atoms with E-state index in [1.165, 1.54) is 11.0 Å². The zero-order valence-corrected chi connectivity index (χ0v) is 14.0. The maximum absolute atomic E-state index is 13.8. The molecular weight excluding hydrogens is 365 g/mol. The van der Waals surface area contributed by atoms with Crippen molar-refractivity contribution in [2.24, 2.45) is 0 Å². The lowest BCUT2D eigenvalue weighted by molar-refractivity contribution is 0.0855. The van der Waals surface area contributed by atoms with Gasteiger partial charge in [0, 0.05) is 16.6 Å². The van der Waals surface area contributed by atoms with Crippen LogP contribution in [0.4, 0.5) is 9.18 Å². The third-order valence-electron chi connectivity index (χ3n) is 3.20. The Bertz CT molecular complexity index is 652. The van der Waals surface area contributed by atoms with Gasteiger partial charge in [0.2, 0.25) is 0 Å². The van der Waals surface area contributed by atoms with Crippen LogP contribution < -0.4 is 0 Å². The van der Waals surface area contributed by atoms with Gasteiger partial charge in [-0.15, -0.1) is 0 Å². The molecule has 1 N–H and O–H groups in total. The number of hydrogen-bond acceptors (Lipinski definition) is 3. The summed E-state index contributed by atoms with van der Waals surface area (Å²) in [7, 11) is 0. The molecule has 0 atom stereocenters. The topological polar surface area (TPSA) is 49.8 Å². The number of aliphatic hydroxyl groups is 1. The summed E-state index contributed by atoms with van der Waals surface area (Å²) < 4.78 is 19.8. The fraction of sp³-hybridized carbons (Fsp3) is 0.235. The number of amides is 1. The lowest BCUT2D eigenvalue weighted by Crippen LogP contribution is -2.33. The van der Waals surface area contributed by atoms with E-state index < -0.39 is 11.9 Å². The smallest absolute Gasteiger partial charge is 0.410 e. The normalized spacial score (nSPS) is 10.4. The first-order chi connectivity index (χ1) is 11.1. The van der Waals surface area contributed by atoms with Gasteiger partial charge in [0.25, 0.3) is 0 Å². The number of benzene rings is 2. The van der Waals surface area contributed by atoms with Crippen molar-refractivity contribution in [2.45, 2.75) is 13.2 Å². The maximum atomic E-state index is 13.8. The molecule has 2 aromatic rings. The van der Waals surface area contributed by atoms with E-state index in [0.29, 0.717) is 5.56 Å². The van der Waals surface area contributed by atoms with Crippen molar-refractivity contribution in [3.63, 3.8) is 0 Å². The van der Waals surface area contributed by atoms with Crippen molar-refractivity contribution in [3.8, 4) is 0 Å². The van der Waals surface area contributed by atoms with Gasteiger partial charge in [0.15, 0.2) is 0 Å². The van der Waals surface area contributed by atoms with Crippen molar-refractivity contribution < 1.29 is 19.0 Å². The molecule has 23 heavy (non-hydrogen) atoms. The first kappa shape index (κ1) is 17.4. The molecule has 2 aromatic carbocycles. The maximum Gasteiger partial charge on any atom is 0.410 e. The minimum absolute atomic E-state index is 0.0272. The van der Waals surface area contributed by atoms with Gasteiger partial charge in [0.05, 0.1) is 13.2 Å². The van der Waals surface area contributed by atoms with Gasteiger partial charge in [-0.1, -0.05) is 46.3 Å². The molecule has 2 rings (SSSR count). The van der Waals surface area contributed by atoms with Gasteiger partial charge in [-0.2, -0.15) is 0 Å². The molecular formula is C17H17BrFNO3. The van der Waals surface area contributed by atoms with E-state index in [1.807, 2.05) is 30.3 Å². The lowest BCUT2D eigenvalue weighted by Gasteiger charge is -2.21. The molecule has 1 amide bonds. The molecule has 0 aliphatic heterocycles. The predicted molar refractivity (Wildman–Crippen MR) is 88.2 cm³/mol. The molecule has 0 aromatic heterocycles. The summed E-state index contributed by atoms with van der Waals surface area (Å²) in [5.74, 6) is -0.410. The van der Waals surface area contributed by atoms with E-state index in [4.69, 9.17) is 9.84 Å². The van der Waals surface area contributed by atoms with Gasteiger partial charge >= 0.3 is 6.09 Å². The molecule has 0 saturated carbocycles. The van der Waals surface area contributed by atoms with Crippen LogP contribution in [0.3, 0.4) is 0 Å². The fourth-order valence-corrected chi connectivity index (χ4v) is 2.44. The number of ether oxygens (including phenoxy) is 1. The van der Waals surface area contributed by atoms with E-state index in [9.17, 15) is 9.18 Å². The van der Waals surface area contributed by atoms with Gasteiger partial charge < -0.3 is 14.7 Å². The number of rotatable bonds is 6. The molecule has 0 unspecified atom stereocenters. The Morgan fingerprint density at radius 2 is 1.96 bits per heavy atom. The summed E-state index contributed by atoms with van der Waals surface area (Å²) in [5, 5.41) is 9.12. The SMILES string of the molecule is O=C(OCc1ccccc1)N(CCO)Cc1cc(Br)ccc1F. The second-order valence-electron chi connectivity index (χ2n) is 4.92. The van der Waals surface area contributed by atoms with Crippen molar-refractivity contribution in [1.29, 1.82) is 0 Å². The third kappa shape index (κ3) is 5.33. The Hall–Kier alpha value is -1.92. The molecule has 4 nitrogen and oxygen atoms in total. The monoisotopic (exact) mass is 381 g/mol. The molecule has 122 valence electrons. The highest BCUT2D eigenvalue weighted by atomic mass is 79.9. The van der Waals surface area contributed by atoms with Crippen LogP contribution >= 0.6 is 15.9 Å². The minimum atomic E-state index is -0.595. The Morgan fingerprint density at radius 1 is 1.22 bits per heavy atom. The van der Waals surface area contributed by atoms with Gasteiger partial charge in [0.1, 0.15) is 12.4 Å². The summed E-state index contributed by atoms with van der Waals surface area (Å²) in [6.45, 7) is -0.00232. The van der Waals surface area contributed by atoms with Crippen LogP contribution in [-0.4, -0.2) is 29.3 Å². The lowest BCUT2D eigenvalue weighted by atomic mass is 10.2. The number of aliphatic hydroxyl groups excluding tert-OH is 1. The van der Waals surface area contributed by atoms with Crippen LogP contribution in [0.25, 0.3) is 0 Å². The number of carbonyl (C=O) groups excluding carboxylic acids is 1. The molecule has 0 saturated heterocycles. The van der Waals surface area contributed by atoms with Crippen LogP contribution in [-0.2, 0) is 17.9 Å². The van der Waals surface area contributed by atoms with Gasteiger partial charge in [-0.25, -0.2) is 9.18 Å². The Kier molecular flexibility index (Phi) is 6.55. The van der Waals surface area contributed by atoms with Crippen LogP contribution in [0.5, 0.6) is 0 Å². The second-order valence-corrected chi connectivity index (χ2v) is 5.84. The molecule has 0 radical (unpaired) electrons. The van der Waals surface area contributed by atoms with Crippen molar-refractivity contribution >= 4 is 22.0 Å². The molecule has 0 heterocycles. The molecule has 6 heteroatoms.